The monoisotopic (exact) mass is 344 g/mol. The second-order valence-corrected chi connectivity index (χ2v) is 6.48. The molecule has 1 saturated heterocycles. The molecule has 1 aliphatic heterocycles. The molecule has 0 bridgehead atoms. The molecule has 0 spiro atoms. The van der Waals surface area contributed by atoms with Crippen molar-refractivity contribution >= 4 is 18.3 Å². The van der Waals surface area contributed by atoms with Crippen LogP contribution in [-0.4, -0.2) is 29.4 Å². The van der Waals surface area contributed by atoms with Crippen LogP contribution in [0.25, 0.3) is 0 Å². The van der Waals surface area contributed by atoms with Crippen LogP contribution < -0.4 is 5.73 Å². The van der Waals surface area contributed by atoms with E-state index in [0.717, 1.165) is 18.5 Å². The number of amides is 1. The first kappa shape index (κ1) is 18.5. The number of carbonyl (C=O) groups excluding carboxylic acids is 1. The molecular formula is C20H25ClN2O. The van der Waals surface area contributed by atoms with Gasteiger partial charge in [-0.1, -0.05) is 60.7 Å². The summed E-state index contributed by atoms with van der Waals surface area (Å²) in [5, 5.41) is 0. The van der Waals surface area contributed by atoms with E-state index in [9.17, 15) is 4.79 Å². The van der Waals surface area contributed by atoms with Crippen LogP contribution in [0.5, 0.6) is 0 Å². The van der Waals surface area contributed by atoms with Crippen molar-refractivity contribution < 1.29 is 4.79 Å². The smallest absolute Gasteiger partial charge is 0.240 e. The molecule has 3 rings (SSSR count). The van der Waals surface area contributed by atoms with Crippen LogP contribution in [0.3, 0.4) is 0 Å². The second kappa shape index (κ2) is 8.32. The maximum Gasteiger partial charge on any atom is 0.240 e. The van der Waals surface area contributed by atoms with Gasteiger partial charge in [-0.15, -0.1) is 12.4 Å². The van der Waals surface area contributed by atoms with E-state index < -0.39 is 6.04 Å². The van der Waals surface area contributed by atoms with Crippen molar-refractivity contribution in [2.45, 2.75) is 37.8 Å². The van der Waals surface area contributed by atoms with Crippen LogP contribution in [0.15, 0.2) is 60.7 Å². The number of hydrogen-bond donors (Lipinski definition) is 1. The Morgan fingerprint density at radius 2 is 1.71 bits per heavy atom. The Morgan fingerprint density at radius 3 is 2.33 bits per heavy atom. The van der Waals surface area contributed by atoms with Crippen molar-refractivity contribution in [3.05, 3.63) is 71.8 Å². The lowest BCUT2D eigenvalue weighted by molar-refractivity contribution is -0.133. The Bertz CT molecular complexity index is 647. The van der Waals surface area contributed by atoms with Gasteiger partial charge in [0.2, 0.25) is 5.91 Å². The fraction of sp³-hybridized carbons (Fsp3) is 0.350. The molecule has 0 aromatic heterocycles. The van der Waals surface area contributed by atoms with Crippen molar-refractivity contribution in [1.29, 1.82) is 0 Å². The van der Waals surface area contributed by atoms with Crippen LogP contribution in [0, 0.1) is 0 Å². The molecule has 0 aliphatic carbocycles. The molecule has 3 nitrogen and oxygen atoms in total. The number of carbonyl (C=O) groups is 1. The quantitative estimate of drug-likeness (QED) is 0.924. The molecule has 4 heteroatoms. The van der Waals surface area contributed by atoms with Crippen LogP contribution in [0.2, 0.25) is 0 Å². The third-order valence-corrected chi connectivity index (χ3v) is 4.74. The topological polar surface area (TPSA) is 46.3 Å². The van der Waals surface area contributed by atoms with Crippen molar-refractivity contribution in [3.8, 4) is 0 Å². The third kappa shape index (κ3) is 4.16. The van der Waals surface area contributed by atoms with Crippen molar-refractivity contribution in [1.82, 2.24) is 4.90 Å². The third-order valence-electron chi connectivity index (χ3n) is 4.74. The Kier molecular flexibility index (Phi) is 6.41. The Labute approximate surface area is 150 Å². The SMILES string of the molecule is CC1CC(c2ccccc2)CN1C(=O)[C@@H](N)Cc1ccccc1.Cl. The summed E-state index contributed by atoms with van der Waals surface area (Å²) in [4.78, 5) is 14.7. The molecule has 2 N–H and O–H groups in total. The molecule has 24 heavy (non-hydrogen) atoms. The summed E-state index contributed by atoms with van der Waals surface area (Å²) >= 11 is 0. The first-order valence-electron chi connectivity index (χ1n) is 8.30. The van der Waals surface area contributed by atoms with E-state index in [1.165, 1.54) is 5.56 Å². The number of benzene rings is 2. The summed E-state index contributed by atoms with van der Waals surface area (Å²) in [6.07, 6.45) is 1.60. The van der Waals surface area contributed by atoms with Crippen LogP contribution >= 0.6 is 12.4 Å². The van der Waals surface area contributed by atoms with Crippen LogP contribution in [-0.2, 0) is 11.2 Å². The minimum absolute atomic E-state index is 0. The number of halogens is 1. The van der Waals surface area contributed by atoms with E-state index in [2.05, 4.69) is 31.2 Å². The van der Waals surface area contributed by atoms with Crippen molar-refractivity contribution in [2.75, 3.05) is 6.54 Å². The van der Waals surface area contributed by atoms with Gasteiger partial charge in [0.15, 0.2) is 0 Å². The average molecular weight is 345 g/mol. The Balaban J connectivity index is 0.00000208. The molecular weight excluding hydrogens is 320 g/mol. The lowest BCUT2D eigenvalue weighted by atomic mass is 9.97. The van der Waals surface area contributed by atoms with Crippen molar-refractivity contribution in [2.24, 2.45) is 5.73 Å². The van der Waals surface area contributed by atoms with Gasteiger partial charge in [-0.2, -0.15) is 0 Å². The van der Waals surface area contributed by atoms with Gasteiger partial charge in [0.25, 0.3) is 0 Å². The molecule has 1 amide bonds. The van der Waals surface area contributed by atoms with E-state index in [0.29, 0.717) is 12.3 Å². The average Bonchev–Trinajstić information content (AvgIpc) is 2.97. The molecule has 1 fully saturated rings. The summed E-state index contributed by atoms with van der Waals surface area (Å²) in [5.74, 6) is 0.485. The van der Waals surface area contributed by atoms with Gasteiger partial charge >= 0.3 is 0 Å². The normalized spacial score (nSPS) is 21.2. The van der Waals surface area contributed by atoms with E-state index in [1.54, 1.807) is 0 Å². The fourth-order valence-electron chi connectivity index (χ4n) is 3.47. The van der Waals surface area contributed by atoms with E-state index in [-0.39, 0.29) is 24.4 Å². The first-order valence-corrected chi connectivity index (χ1v) is 8.30. The molecule has 3 atom stereocenters. The Morgan fingerprint density at radius 1 is 1.12 bits per heavy atom. The number of rotatable bonds is 4. The zero-order valence-electron chi connectivity index (χ0n) is 14.0. The highest BCUT2D eigenvalue weighted by Crippen LogP contribution is 2.31. The molecule has 128 valence electrons. The molecule has 2 unspecified atom stereocenters. The fourth-order valence-corrected chi connectivity index (χ4v) is 3.47. The number of hydrogen-bond acceptors (Lipinski definition) is 2. The van der Waals surface area contributed by atoms with Gasteiger partial charge in [-0.25, -0.2) is 0 Å². The number of likely N-dealkylation sites (tertiary alicyclic amines) is 1. The van der Waals surface area contributed by atoms with Gasteiger partial charge in [-0.05, 0) is 30.9 Å². The summed E-state index contributed by atoms with van der Waals surface area (Å²) in [6, 6.07) is 20.2. The minimum atomic E-state index is -0.464. The molecule has 0 saturated carbocycles. The molecule has 1 heterocycles. The van der Waals surface area contributed by atoms with Gasteiger partial charge in [-0.3, -0.25) is 4.79 Å². The molecule has 2 aromatic carbocycles. The highest BCUT2D eigenvalue weighted by atomic mass is 35.5. The van der Waals surface area contributed by atoms with Gasteiger partial charge in [0.05, 0.1) is 6.04 Å². The zero-order chi connectivity index (χ0) is 16.2. The standard InChI is InChI=1S/C20H24N2O.ClH/c1-15-12-18(17-10-6-3-7-11-17)14-22(15)20(23)19(21)13-16-8-4-2-5-9-16;/h2-11,15,18-19H,12-14,21H2,1H3;1H/t15?,18?,19-;/m0./s1. The molecule has 0 radical (unpaired) electrons. The largest absolute Gasteiger partial charge is 0.338 e. The first-order chi connectivity index (χ1) is 11.1. The van der Waals surface area contributed by atoms with Gasteiger partial charge < -0.3 is 10.6 Å². The van der Waals surface area contributed by atoms with Crippen molar-refractivity contribution in [3.63, 3.8) is 0 Å². The summed E-state index contributed by atoms with van der Waals surface area (Å²) in [7, 11) is 0. The zero-order valence-corrected chi connectivity index (χ0v) is 14.8. The Hall–Kier alpha value is -1.84. The highest BCUT2D eigenvalue weighted by molar-refractivity contribution is 5.85. The summed E-state index contributed by atoms with van der Waals surface area (Å²) in [6.45, 7) is 2.89. The van der Waals surface area contributed by atoms with E-state index >= 15 is 0 Å². The van der Waals surface area contributed by atoms with Gasteiger partial charge in [0.1, 0.15) is 0 Å². The second-order valence-electron chi connectivity index (χ2n) is 6.48. The number of nitrogens with two attached hydrogens (primary N) is 1. The van der Waals surface area contributed by atoms with Gasteiger partial charge in [0, 0.05) is 18.5 Å². The number of nitrogens with zero attached hydrogens (tertiary/aromatic N) is 1. The predicted molar refractivity (Wildman–Crippen MR) is 100 cm³/mol. The maximum atomic E-state index is 12.7. The van der Waals surface area contributed by atoms with E-state index in [4.69, 9.17) is 5.73 Å². The van der Waals surface area contributed by atoms with E-state index in [1.807, 2.05) is 41.3 Å². The predicted octanol–water partition coefficient (Wildman–Crippen LogP) is 3.38. The highest BCUT2D eigenvalue weighted by Gasteiger charge is 2.35. The maximum absolute atomic E-state index is 12.7. The minimum Gasteiger partial charge on any atom is -0.338 e. The van der Waals surface area contributed by atoms with Crippen LogP contribution in [0.4, 0.5) is 0 Å². The van der Waals surface area contributed by atoms with Crippen LogP contribution in [0.1, 0.15) is 30.4 Å². The lowest BCUT2D eigenvalue weighted by Crippen LogP contribution is -2.46. The molecule has 1 aliphatic rings. The molecule has 2 aromatic rings. The lowest BCUT2D eigenvalue weighted by Gasteiger charge is -2.25. The summed E-state index contributed by atoms with van der Waals surface area (Å²) in [5.41, 5.74) is 8.61. The summed E-state index contributed by atoms with van der Waals surface area (Å²) < 4.78 is 0.